The molecule has 0 amide bonds. The average Bonchev–Trinajstić information content (AvgIpc) is 3.02. The molecule has 0 saturated carbocycles. The topological polar surface area (TPSA) is 66.5 Å². The van der Waals surface area contributed by atoms with Crippen molar-refractivity contribution in [2.45, 2.75) is 33.7 Å². The number of rotatable bonds is 4. The van der Waals surface area contributed by atoms with Crippen LogP contribution in [0.25, 0.3) is 10.2 Å². The Morgan fingerprint density at radius 2 is 2.15 bits per heavy atom. The highest BCUT2D eigenvalue weighted by atomic mass is 32.1. The molecule has 0 atom stereocenters. The third kappa shape index (κ3) is 2.27. The summed E-state index contributed by atoms with van der Waals surface area (Å²) in [6.45, 7) is 6.92. The molecule has 0 aromatic carbocycles. The van der Waals surface area contributed by atoms with E-state index in [-0.39, 0.29) is 0 Å². The summed E-state index contributed by atoms with van der Waals surface area (Å²) in [5.74, 6) is 0.881. The predicted molar refractivity (Wildman–Crippen MR) is 82.2 cm³/mol. The minimum atomic E-state index is 0.666. The summed E-state index contributed by atoms with van der Waals surface area (Å²) >= 11 is 1.73. The largest absolute Gasteiger partial charge is 0.364 e. The molecule has 5 nitrogen and oxygen atoms in total. The first-order valence-corrected chi connectivity index (χ1v) is 7.48. The number of anilines is 1. The zero-order chi connectivity index (χ0) is 14.1. The fraction of sp³-hybridized carbons (Fsp3) is 0.357. The van der Waals surface area contributed by atoms with Crippen LogP contribution in [-0.2, 0) is 13.0 Å². The van der Waals surface area contributed by atoms with Gasteiger partial charge in [-0.05, 0) is 31.9 Å². The van der Waals surface area contributed by atoms with Crippen LogP contribution in [0.3, 0.4) is 0 Å². The summed E-state index contributed by atoms with van der Waals surface area (Å²) in [5.41, 5.74) is 3.33. The smallest absolute Gasteiger partial charge is 0.138 e. The summed E-state index contributed by atoms with van der Waals surface area (Å²) in [6, 6.07) is 2.17. The number of aromatic amines is 1. The zero-order valence-electron chi connectivity index (χ0n) is 11.8. The molecule has 2 N–H and O–H groups in total. The molecule has 3 rings (SSSR count). The fourth-order valence-corrected chi connectivity index (χ4v) is 3.03. The molecule has 3 heterocycles. The van der Waals surface area contributed by atoms with E-state index < -0.39 is 0 Å². The van der Waals surface area contributed by atoms with E-state index in [0.29, 0.717) is 6.54 Å². The molecule has 0 aliphatic carbocycles. The Morgan fingerprint density at radius 1 is 1.30 bits per heavy atom. The van der Waals surface area contributed by atoms with E-state index in [9.17, 15) is 0 Å². The fourth-order valence-electron chi connectivity index (χ4n) is 2.10. The molecule has 0 saturated heterocycles. The second-order valence-electron chi connectivity index (χ2n) is 4.78. The predicted octanol–water partition coefficient (Wildman–Crippen LogP) is 3.21. The van der Waals surface area contributed by atoms with Crippen LogP contribution >= 0.6 is 11.3 Å². The van der Waals surface area contributed by atoms with Crippen molar-refractivity contribution in [3.63, 3.8) is 0 Å². The third-order valence-electron chi connectivity index (χ3n) is 3.51. The second-order valence-corrected chi connectivity index (χ2v) is 5.90. The molecule has 0 aliphatic rings. The van der Waals surface area contributed by atoms with Crippen LogP contribution < -0.4 is 5.32 Å². The standard InChI is InChI=1S/C14H17N5S/c1-4-10-5-11-13(16-7-17-14(11)20-10)15-6-12-8(2)9(3)18-19-12/h5,7H,4,6H2,1-3H3,(H,18,19)(H,15,16,17). The molecule has 20 heavy (non-hydrogen) atoms. The molecular formula is C14H17N5S. The summed E-state index contributed by atoms with van der Waals surface area (Å²) < 4.78 is 0. The van der Waals surface area contributed by atoms with Gasteiger partial charge in [-0.15, -0.1) is 11.3 Å². The Kier molecular flexibility index (Phi) is 3.40. The molecule has 0 radical (unpaired) electrons. The number of aromatic nitrogens is 4. The number of H-pyrrole nitrogens is 1. The van der Waals surface area contributed by atoms with Gasteiger partial charge >= 0.3 is 0 Å². The minimum Gasteiger partial charge on any atom is -0.364 e. The van der Waals surface area contributed by atoms with Crippen molar-refractivity contribution >= 4 is 27.4 Å². The van der Waals surface area contributed by atoms with E-state index >= 15 is 0 Å². The van der Waals surface area contributed by atoms with Gasteiger partial charge in [0.1, 0.15) is 17.0 Å². The van der Waals surface area contributed by atoms with E-state index in [1.165, 1.54) is 10.4 Å². The van der Waals surface area contributed by atoms with Gasteiger partial charge in [0, 0.05) is 10.6 Å². The molecule has 6 heteroatoms. The lowest BCUT2D eigenvalue weighted by Crippen LogP contribution is -2.03. The first-order valence-electron chi connectivity index (χ1n) is 6.66. The maximum absolute atomic E-state index is 4.35. The Hall–Kier alpha value is -1.95. The van der Waals surface area contributed by atoms with Gasteiger partial charge in [-0.1, -0.05) is 6.92 Å². The van der Waals surface area contributed by atoms with Crippen molar-refractivity contribution in [1.82, 2.24) is 20.2 Å². The number of fused-ring (bicyclic) bond motifs is 1. The summed E-state index contributed by atoms with van der Waals surface area (Å²) in [6.07, 6.45) is 2.64. The second kappa shape index (κ2) is 5.20. The van der Waals surface area contributed by atoms with Crippen LogP contribution in [0.1, 0.15) is 28.8 Å². The number of hydrogen-bond acceptors (Lipinski definition) is 5. The minimum absolute atomic E-state index is 0.666. The monoisotopic (exact) mass is 287 g/mol. The van der Waals surface area contributed by atoms with Gasteiger partial charge in [0.15, 0.2) is 0 Å². The molecular weight excluding hydrogens is 270 g/mol. The molecule has 0 unspecified atom stereocenters. The van der Waals surface area contributed by atoms with Crippen LogP contribution in [-0.4, -0.2) is 20.2 Å². The van der Waals surface area contributed by atoms with Gasteiger partial charge in [0.2, 0.25) is 0 Å². The van der Waals surface area contributed by atoms with Crippen molar-refractivity contribution in [3.8, 4) is 0 Å². The van der Waals surface area contributed by atoms with Crippen LogP contribution in [0.5, 0.6) is 0 Å². The third-order valence-corrected chi connectivity index (χ3v) is 4.69. The number of nitrogens with one attached hydrogen (secondary N) is 2. The van der Waals surface area contributed by atoms with Gasteiger partial charge < -0.3 is 5.32 Å². The van der Waals surface area contributed by atoms with E-state index in [0.717, 1.165) is 33.8 Å². The Balaban J connectivity index is 1.87. The van der Waals surface area contributed by atoms with Gasteiger partial charge in [-0.3, -0.25) is 5.10 Å². The summed E-state index contributed by atoms with van der Waals surface area (Å²) in [5, 5.41) is 11.8. The Morgan fingerprint density at radius 3 is 2.85 bits per heavy atom. The van der Waals surface area contributed by atoms with Crippen molar-refractivity contribution < 1.29 is 0 Å². The van der Waals surface area contributed by atoms with Crippen molar-refractivity contribution in [1.29, 1.82) is 0 Å². The van der Waals surface area contributed by atoms with Gasteiger partial charge in [0.25, 0.3) is 0 Å². The van der Waals surface area contributed by atoms with E-state index in [2.05, 4.69) is 45.4 Å². The average molecular weight is 287 g/mol. The van der Waals surface area contributed by atoms with E-state index in [1.807, 2.05) is 6.92 Å². The van der Waals surface area contributed by atoms with Gasteiger partial charge in [-0.25, -0.2) is 9.97 Å². The van der Waals surface area contributed by atoms with Crippen LogP contribution in [0.15, 0.2) is 12.4 Å². The maximum Gasteiger partial charge on any atom is 0.138 e. The zero-order valence-corrected chi connectivity index (χ0v) is 12.6. The molecule has 3 aromatic rings. The molecule has 0 bridgehead atoms. The highest BCUT2D eigenvalue weighted by molar-refractivity contribution is 7.18. The maximum atomic E-state index is 4.35. The lowest BCUT2D eigenvalue weighted by atomic mass is 10.2. The van der Waals surface area contributed by atoms with Crippen molar-refractivity contribution in [3.05, 3.63) is 34.2 Å². The molecule has 0 aliphatic heterocycles. The lowest BCUT2D eigenvalue weighted by Gasteiger charge is -2.05. The number of nitrogens with zero attached hydrogens (tertiary/aromatic N) is 3. The number of aryl methyl sites for hydroxylation is 2. The molecule has 3 aromatic heterocycles. The van der Waals surface area contributed by atoms with Gasteiger partial charge in [-0.2, -0.15) is 5.10 Å². The Bertz CT molecular complexity index is 743. The van der Waals surface area contributed by atoms with Crippen molar-refractivity contribution in [2.24, 2.45) is 0 Å². The Labute approximate surface area is 121 Å². The molecule has 0 spiro atoms. The van der Waals surface area contributed by atoms with Gasteiger partial charge in [0.05, 0.1) is 17.6 Å². The SMILES string of the molecule is CCc1cc2c(NCc3n[nH]c(C)c3C)ncnc2s1. The van der Waals surface area contributed by atoms with Crippen molar-refractivity contribution in [2.75, 3.05) is 5.32 Å². The van der Waals surface area contributed by atoms with Crippen LogP contribution in [0.2, 0.25) is 0 Å². The quantitative estimate of drug-likeness (QED) is 0.773. The normalized spacial score (nSPS) is 11.2. The summed E-state index contributed by atoms with van der Waals surface area (Å²) in [4.78, 5) is 11.1. The van der Waals surface area contributed by atoms with Crippen LogP contribution in [0.4, 0.5) is 5.82 Å². The summed E-state index contributed by atoms with van der Waals surface area (Å²) in [7, 11) is 0. The highest BCUT2D eigenvalue weighted by Gasteiger charge is 2.10. The van der Waals surface area contributed by atoms with E-state index in [4.69, 9.17) is 0 Å². The first kappa shape index (κ1) is 13.1. The van der Waals surface area contributed by atoms with E-state index in [1.54, 1.807) is 17.7 Å². The number of thiophene rings is 1. The molecule has 104 valence electrons. The lowest BCUT2D eigenvalue weighted by molar-refractivity contribution is 0.960. The molecule has 0 fully saturated rings. The highest BCUT2D eigenvalue weighted by Crippen LogP contribution is 2.28. The van der Waals surface area contributed by atoms with Crippen LogP contribution in [0, 0.1) is 13.8 Å². The number of hydrogen-bond donors (Lipinski definition) is 2. The first-order chi connectivity index (χ1) is 9.69.